The second kappa shape index (κ2) is 10.1. The van der Waals surface area contributed by atoms with E-state index in [1.54, 1.807) is 18.1 Å². The predicted molar refractivity (Wildman–Crippen MR) is 122 cm³/mol. The molecule has 0 saturated carbocycles. The smallest absolute Gasteiger partial charge is 0.389 e. The fraction of sp³-hybridized carbons (Fsp3) is 0.409. The van der Waals surface area contributed by atoms with E-state index in [0.29, 0.717) is 12.1 Å². The Morgan fingerprint density at radius 2 is 2.12 bits per heavy atom. The van der Waals surface area contributed by atoms with Crippen LogP contribution >= 0.6 is 11.9 Å². The van der Waals surface area contributed by atoms with Crippen LogP contribution in [0.3, 0.4) is 0 Å². The lowest BCUT2D eigenvalue weighted by Crippen LogP contribution is -2.36. The Labute approximate surface area is 194 Å². The number of nitrogens with one attached hydrogen (secondary N) is 4. The Hall–Kier alpha value is -2.63. The van der Waals surface area contributed by atoms with Gasteiger partial charge in [-0.3, -0.25) is 9.52 Å². The molecular formula is C22H26F3N5O2S. The fourth-order valence-corrected chi connectivity index (χ4v) is 4.21. The zero-order valence-corrected chi connectivity index (χ0v) is 19.0. The molecule has 1 aliphatic heterocycles. The molecule has 0 aromatic carbocycles. The van der Waals surface area contributed by atoms with Gasteiger partial charge in [0.15, 0.2) is 0 Å². The number of hydrogen-bond acceptors (Lipinski definition) is 7. The zero-order chi connectivity index (χ0) is 24.2. The molecule has 178 valence electrons. The molecule has 1 aromatic heterocycles. The van der Waals surface area contributed by atoms with Crippen molar-refractivity contribution in [2.24, 2.45) is 0 Å². The number of aromatic nitrogens is 1. The van der Waals surface area contributed by atoms with Crippen LogP contribution in [0.5, 0.6) is 0 Å². The van der Waals surface area contributed by atoms with Crippen molar-refractivity contribution in [2.45, 2.75) is 44.5 Å². The Balaban J connectivity index is 1.81. The number of hydrogen-bond donors (Lipinski definition) is 5. The van der Waals surface area contributed by atoms with Crippen LogP contribution in [0.15, 0.2) is 53.4 Å². The van der Waals surface area contributed by atoms with Crippen LogP contribution in [0, 0.1) is 5.41 Å². The number of rotatable bonds is 6. The second-order valence-electron chi connectivity index (χ2n) is 8.26. The lowest BCUT2D eigenvalue weighted by Gasteiger charge is -2.28. The number of nitrogens with zero attached hydrogens (tertiary/aromatic N) is 1. The van der Waals surface area contributed by atoms with E-state index in [4.69, 9.17) is 5.41 Å². The third-order valence-corrected chi connectivity index (χ3v) is 6.03. The molecule has 3 rings (SSSR count). The summed E-state index contributed by atoms with van der Waals surface area (Å²) in [6, 6.07) is 3.36. The van der Waals surface area contributed by atoms with Gasteiger partial charge in [0.25, 0.3) is 5.91 Å². The minimum Gasteiger partial charge on any atom is -0.389 e. The molecule has 7 nitrogen and oxygen atoms in total. The molecule has 1 aromatic rings. The summed E-state index contributed by atoms with van der Waals surface area (Å²) in [6.45, 7) is 3.64. The quantitative estimate of drug-likeness (QED) is 0.399. The molecule has 2 aliphatic rings. The van der Waals surface area contributed by atoms with Crippen LogP contribution in [-0.2, 0) is 6.18 Å². The maximum Gasteiger partial charge on any atom is 0.433 e. The third-order valence-electron chi connectivity index (χ3n) is 5.04. The van der Waals surface area contributed by atoms with Gasteiger partial charge in [-0.15, -0.1) is 0 Å². The number of carbonyl (C=O) groups is 1. The van der Waals surface area contributed by atoms with Crippen LogP contribution < -0.4 is 15.4 Å². The topological polar surface area (TPSA) is 110 Å². The normalized spacial score (nSPS) is 20.8. The van der Waals surface area contributed by atoms with Gasteiger partial charge < -0.3 is 21.1 Å². The predicted octanol–water partition coefficient (Wildman–Crippen LogP) is 3.32. The summed E-state index contributed by atoms with van der Waals surface area (Å²) in [5.41, 5.74) is -1.97. The van der Waals surface area contributed by atoms with Gasteiger partial charge in [0.2, 0.25) is 0 Å². The average molecular weight is 482 g/mol. The van der Waals surface area contributed by atoms with Crippen molar-refractivity contribution >= 4 is 23.6 Å². The summed E-state index contributed by atoms with van der Waals surface area (Å²) in [5.74, 6) is 0.214. The number of pyridine rings is 1. The minimum absolute atomic E-state index is 0.126. The molecule has 0 bridgehead atoms. The van der Waals surface area contributed by atoms with Crippen LogP contribution in [0.25, 0.3) is 0 Å². The van der Waals surface area contributed by atoms with Crippen molar-refractivity contribution in [2.75, 3.05) is 12.3 Å². The monoisotopic (exact) mass is 481 g/mol. The van der Waals surface area contributed by atoms with Gasteiger partial charge in [-0.2, -0.15) is 13.2 Å². The van der Waals surface area contributed by atoms with Crippen LogP contribution in [0.2, 0.25) is 0 Å². The summed E-state index contributed by atoms with van der Waals surface area (Å²) >= 11 is 1.67. The summed E-state index contributed by atoms with van der Waals surface area (Å²) in [7, 11) is 0. The minimum atomic E-state index is -4.68. The van der Waals surface area contributed by atoms with Gasteiger partial charge in [-0.1, -0.05) is 18.0 Å². The van der Waals surface area contributed by atoms with E-state index >= 15 is 0 Å². The molecule has 1 amide bonds. The SMILES string of the molecule is CC(C)(O)C1=CC(=N)/C(=C\NCC2CCCSN2)C=C1NC(=O)c1cccc(C(F)(F)F)n1. The van der Waals surface area contributed by atoms with Crippen molar-refractivity contribution in [1.82, 2.24) is 20.3 Å². The maximum atomic E-state index is 13.0. The molecule has 1 aliphatic carbocycles. The molecule has 1 unspecified atom stereocenters. The molecule has 1 atom stereocenters. The molecule has 1 saturated heterocycles. The number of aliphatic hydroxyl groups is 1. The largest absolute Gasteiger partial charge is 0.433 e. The van der Waals surface area contributed by atoms with E-state index in [9.17, 15) is 23.1 Å². The van der Waals surface area contributed by atoms with Gasteiger partial charge in [-0.05, 0) is 51.0 Å². The molecular weight excluding hydrogens is 455 g/mol. The summed E-state index contributed by atoms with van der Waals surface area (Å²) in [4.78, 5) is 16.1. The third kappa shape index (κ3) is 6.68. The van der Waals surface area contributed by atoms with E-state index in [1.165, 1.54) is 32.1 Å². The van der Waals surface area contributed by atoms with E-state index in [2.05, 4.69) is 20.3 Å². The van der Waals surface area contributed by atoms with Crippen molar-refractivity contribution < 1.29 is 23.1 Å². The highest BCUT2D eigenvalue weighted by atomic mass is 32.2. The molecule has 1 fully saturated rings. The summed E-state index contributed by atoms with van der Waals surface area (Å²) in [5, 5.41) is 24.5. The Kier molecular flexibility index (Phi) is 7.65. The van der Waals surface area contributed by atoms with Crippen LogP contribution in [0.4, 0.5) is 13.2 Å². The summed E-state index contributed by atoms with van der Waals surface area (Å²) in [6.07, 6.45) is 2.06. The highest BCUT2D eigenvalue weighted by Crippen LogP contribution is 2.29. The highest BCUT2D eigenvalue weighted by molar-refractivity contribution is 7.97. The average Bonchev–Trinajstić information content (AvgIpc) is 2.75. The molecule has 0 spiro atoms. The Morgan fingerprint density at radius 3 is 2.76 bits per heavy atom. The van der Waals surface area contributed by atoms with Crippen LogP contribution in [0.1, 0.15) is 42.9 Å². The van der Waals surface area contributed by atoms with Gasteiger partial charge in [0.1, 0.15) is 11.4 Å². The van der Waals surface area contributed by atoms with Gasteiger partial charge in [-0.25, -0.2) is 4.98 Å². The van der Waals surface area contributed by atoms with E-state index in [1.807, 2.05) is 0 Å². The van der Waals surface area contributed by atoms with E-state index < -0.39 is 29.1 Å². The number of carbonyl (C=O) groups excluding carboxylic acids is 1. The van der Waals surface area contributed by atoms with E-state index in [-0.39, 0.29) is 23.0 Å². The van der Waals surface area contributed by atoms with Gasteiger partial charge in [0.05, 0.1) is 11.3 Å². The Morgan fingerprint density at radius 1 is 1.36 bits per heavy atom. The van der Waals surface area contributed by atoms with Gasteiger partial charge in [0, 0.05) is 41.4 Å². The molecule has 33 heavy (non-hydrogen) atoms. The standard InChI is InChI=1S/C22H26F3N5O2S/c1-21(2,32)15-10-16(26)13(11-27-12-14-5-4-8-33-30-14)9-18(15)29-20(31)17-6-3-7-19(28-17)22(23,24)25/h3,6-7,9-11,14,26-27,30,32H,4-5,8,12H2,1-2H3,(H,29,31)/b13-11-,26-16?. The van der Waals surface area contributed by atoms with Crippen molar-refractivity contribution in [3.05, 3.63) is 64.8 Å². The first-order valence-electron chi connectivity index (χ1n) is 10.4. The lowest BCUT2D eigenvalue weighted by atomic mass is 9.87. The summed E-state index contributed by atoms with van der Waals surface area (Å²) < 4.78 is 42.2. The van der Waals surface area contributed by atoms with E-state index in [0.717, 1.165) is 30.7 Å². The first kappa shape index (κ1) is 25.0. The fourth-order valence-electron chi connectivity index (χ4n) is 3.34. The molecule has 5 N–H and O–H groups in total. The van der Waals surface area contributed by atoms with Crippen molar-refractivity contribution in [3.63, 3.8) is 0 Å². The first-order valence-corrected chi connectivity index (χ1v) is 11.4. The molecule has 11 heteroatoms. The number of halogens is 3. The second-order valence-corrected chi connectivity index (χ2v) is 9.19. The maximum absolute atomic E-state index is 13.0. The van der Waals surface area contributed by atoms with Gasteiger partial charge >= 0.3 is 6.18 Å². The number of alkyl halides is 3. The number of allylic oxidation sites excluding steroid dienone is 3. The number of amides is 1. The zero-order valence-electron chi connectivity index (χ0n) is 18.2. The van der Waals surface area contributed by atoms with Crippen molar-refractivity contribution in [3.8, 4) is 0 Å². The molecule has 0 radical (unpaired) electrons. The first-order chi connectivity index (χ1) is 15.4. The molecule has 2 heterocycles. The lowest BCUT2D eigenvalue weighted by molar-refractivity contribution is -0.141. The van der Waals surface area contributed by atoms with Crippen LogP contribution in [-0.4, -0.2) is 45.6 Å². The highest BCUT2D eigenvalue weighted by Gasteiger charge is 2.33. The Bertz CT molecular complexity index is 1010. The van der Waals surface area contributed by atoms with Crippen molar-refractivity contribution in [1.29, 1.82) is 5.41 Å².